The summed E-state index contributed by atoms with van der Waals surface area (Å²) >= 11 is 5.69. The summed E-state index contributed by atoms with van der Waals surface area (Å²) in [4.78, 5) is 0. The van der Waals surface area contributed by atoms with Crippen LogP contribution in [0.5, 0.6) is 0 Å². The standard InChI is InChI=1S/C5H7ClN4/c1-10-5(3-8-7)4(6)2-9-10/h2-3H,7H2,1H3/b8-3+. The van der Waals surface area contributed by atoms with Crippen molar-refractivity contribution in [2.45, 2.75) is 0 Å². The number of nitrogens with zero attached hydrogens (tertiary/aromatic N) is 3. The quantitative estimate of drug-likeness (QED) is 0.365. The van der Waals surface area contributed by atoms with Gasteiger partial charge in [-0.2, -0.15) is 10.2 Å². The number of halogens is 1. The zero-order valence-corrected chi connectivity index (χ0v) is 6.21. The molecular weight excluding hydrogens is 152 g/mol. The van der Waals surface area contributed by atoms with Gasteiger partial charge in [0.2, 0.25) is 0 Å². The van der Waals surface area contributed by atoms with Gasteiger partial charge in [0.05, 0.1) is 23.1 Å². The van der Waals surface area contributed by atoms with Crippen LogP contribution in [0.3, 0.4) is 0 Å². The topological polar surface area (TPSA) is 56.2 Å². The van der Waals surface area contributed by atoms with Crippen LogP contribution in [0, 0.1) is 0 Å². The first-order chi connectivity index (χ1) is 4.75. The first-order valence-corrected chi connectivity index (χ1v) is 3.04. The Bertz CT molecular complexity index is 233. The van der Waals surface area contributed by atoms with E-state index in [0.29, 0.717) is 10.7 Å². The highest BCUT2D eigenvalue weighted by atomic mass is 35.5. The summed E-state index contributed by atoms with van der Waals surface area (Å²) in [6.45, 7) is 0. The predicted molar refractivity (Wildman–Crippen MR) is 40.0 cm³/mol. The van der Waals surface area contributed by atoms with Gasteiger partial charge in [0.1, 0.15) is 0 Å². The summed E-state index contributed by atoms with van der Waals surface area (Å²) in [5.41, 5.74) is 0.712. The van der Waals surface area contributed by atoms with Gasteiger partial charge in [-0.05, 0) is 0 Å². The Balaban J connectivity index is 3.10. The van der Waals surface area contributed by atoms with E-state index < -0.39 is 0 Å². The van der Waals surface area contributed by atoms with Crippen molar-refractivity contribution >= 4 is 17.8 Å². The molecule has 54 valence electrons. The Kier molecular flexibility index (Phi) is 1.91. The number of hydrazone groups is 1. The first kappa shape index (κ1) is 7.08. The second-order valence-corrected chi connectivity index (χ2v) is 2.19. The molecule has 1 aromatic rings. The van der Waals surface area contributed by atoms with E-state index in [9.17, 15) is 0 Å². The van der Waals surface area contributed by atoms with Crippen molar-refractivity contribution in [3.63, 3.8) is 0 Å². The van der Waals surface area contributed by atoms with Crippen molar-refractivity contribution in [3.05, 3.63) is 16.9 Å². The zero-order chi connectivity index (χ0) is 7.56. The van der Waals surface area contributed by atoms with Gasteiger partial charge in [-0.15, -0.1) is 0 Å². The molecule has 10 heavy (non-hydrogen) atoms. The van der Waals surface area contributed by atoms with Gasteiger partial charge in [0, 0.05) is 7.05 Å². The number of hydrogen-bond acceptors (Lipinski definition) is 3. The minimum absolute atomic E-state index is 0.553. The van der Waals surface area contributed by atoms with Gasteiger partial charge < -0.3 is 5.84 Å². The minimum Gasteiger partial charge on any atom is -0.323 e. The fourth-order valence-electron chi connectivity index (χ4n) is 0.636. The first-order valence-electron chi connectivity index (χ1n) is 2.66. The molecular formula is C5H7ClN4. The highest BCUT2D eigenvalue weighted by Gasteiger charge is 2.01. The average molecular weight is 159 g/mol. The minimum atomic E-state index is 0.553. The molecule has 0 saturated carbocycles. The molecule has 0 aliphatic carbocycles. The highest BCUT2D eigenvalue weighted by Crippen LogP contribution is 2.10. The average Bonchev–Trinajstić information content (AvgIpc) is 2.20. The molecule has 1 heterocycles. The van der Waals surface area contributed by atoms with Gasteiger partial charge >= 0.3 is 0 Å². The molecule has 0 unspecified atom stereocenters. The summed E-state index contributed by atoms with van der Waals surface area (Å²) in [6, 6.07) is 0. The highest BCUT2D eigenvalue weighted by molar-refractivity contribution is 6.32. The Morgan fingerprint density at radius 3 is 3.00 bits per heavy atom. The SMILES string of the molecule is Cn1ncc(Cl)c1/C=N/N. The van der Waals surface area contributed by atoms with E-state index in [-0.39, 0.29) is 0 Å². The maximum Gasteiger partial charge on any atom is 0.0993 e. The van der Waals surface area contributed by atoms with Crippen molar-refractivity contribution in [2.24, 2.45) is 18.0 Å². The fraction of sp³-hybridized carbons (Fsp3) is 0.200. The lowest BCUT2D eigenvalue weighted by Crippen LogP contribution is -1.98. The van der Waals surface area contributed by atoms with Crippen LogP contribution in [0.1, 0.15) is 5.69 Å². The van der Waals surface area contributed by atoms with Gasteiger partial charge in [0.15, 0.2) is 0 Å². The van der Waals surface area contributed by atoms with E-state index in [4.69, 9.17) is 17.4 Å². The van der Waals surface area contributed by atoms with Crippen molar-refractivity contribution < 1.29 is 0 Å². The van der Waals surface area contributed by atoms with Crippen molar-refractivity contribution in [2.75, 3.05) is 0 Å². The summed E-state index contributed by atoms with van der Waals surface area (Å²) in [7, 11) is 1.77. The maximum atomic E-state index is 5.69. The largest absolute Gasteiger partial charge is 0.323 e. The molecule has 1 rings (SSSR count). The van der Waals surface area contributed by atoms with Crippen LogP contribution in [-0.2, 0) is 7.05 Å². The molecule has 5 heteroatoms. The third-order valence-corrected chi connectivity index (χ3v) is 1.43. The fourth-order valence-corrected chi connectivity index (χ4v) is 0.851. The summed E-state index contributed by atoms with van der Waals surface area (Å²) in [6.07, 6.45) is 2.99. The Morgan fingerprint density at radius 2 is 2.60 bits per heavy atom. The van der Waals surface area contributed by atoms with E-state index in [2.05, 4.69) is 10.2 Å². The molecule has 0 aromatic carbocycles. The van der Waals surface area contributed by atoms with Crippen LogP contribution in [0.25, 0.3) is 0 Å². The molecule has 0 atom stereocenters. The Hall–Kier alpha value is -1.03. The van der Waals surface area contributed by atoms with Crippen LogP contribution in [0.2, 0.25) is 5.02 Å². The molecule has 4 nitrogen and oxygen atoms in total. The van der Waals surface area contributed by atoms with E-state index in [1.807, 2.05) is 0 Å². The molecule has 0 saturated heterocycles. The summed E-state index contributed by atoms with van der Waals surface area (Å²) in [5, 5.41) is 7.75. The van der Waals surface area contributed by atoms with Gasteiger partial charge in [0.25, 0.3) is 0 Å². The molecule has 0 aliphatic rings. The number of aromatic nitrogens is 2. The van der Waals surface area contributed by atoms with E-state index in [0.717, 1.165) is 0 Å². The molecule has 0 spiro atoms. The molecule has 0 fully saturated rings. The lowest BCUT2D eigenvalue weighted by Gasteiger charge is -1.91. The van der Waals surface area contributed by atoms with Crippen LogP contribution >= 0.6 is 11.6 Å². The van der Waals surface area contributed by atoms with Crippen LogP contribution in [0.15, 0.2) is 11.3 Å². The molecule has 0 radical (unpaired) electrons. The number of rotatable bonds is 1. The predicted octanol–water partition coefficient (Wildman–Crippen LogP) is 0.366. The van der Waals surface area contributed by atoms with Gasteiger partial charge in [-0.3, -0.25) is 4.68 Å². The summed E-state index contributed by atoms with van der Waals surface area (Å²) in [5.74, 6) is 4.93. The van der Waals surface area contributed by atoms with E-state index in [1.165, 1.54) is 6.21 Å². The normalized spacial score (nSPS) is 11.0. The molecule has 0 aliphatic heterocycles. The number of nitrogens with two attached hydrogens (primary N) is 1. The van der Waals surface area contributed by atoms with E-state index in [1.54, 1.807) is 17.9 Å². The zero-order valence-electron chi connectivity index (χ0n) is 5.45. The molecule has 0 bridgehead atoms. The third-order valence-electron chi connectivity index (χ3n) is 1.13. The Morgan fingerprint density at radius 1 is 1.90 bits per heavy atom. The smallest absolute Gasteiger partial charge is 0.0993 e. The van der Waals surface area contributed by atoms with E-state index >= 15 is 0 Å². The molecule has 1 aromatic heterocycles. The van der Waals surface area contributed by atoms with Crippen LogP contribution in [0.4, 0.5) is 0 Å². The lowest BCUT2D eigenvalue weighted by atomic mass is 10.5. The van der Waals surface area contributed by atoms with Gasteiger partial charge in [-0.25, -0.2) is 0 Å². The third kappa shape index (κ3) is 1.11. The monoisotopic (exact) mass is 158 g/mol. The lowest BCUT2D eigenvalue weighted by molar-refractivity contribution is 0.761. The van der Waals surface area contributed by atoms with Crippen molar-refractivity contribution in [1.82, 2.24) is 9.78 Å². The summed E-state index contributed by atoms with van der Waals surface area (Å²) < 4.78 is 1.60. The van der Waals surface area contributed by atoms with Crippen LogP contribution < -0.4 is 5.84 Å². The maximum absolute atomic E-state index is 5.69. The number of hydrogen-bond donors (Lipinski definition) is 1. The molecule has 0 amide bonds. The number of aryl methyl sites for hydroxylation is 1. The molecule has 2 N–H and O–H groups in total. The van der Waals surface area contributed by atoms with Gasteiger partial charge in [-0.1, -0.05) is 11.6 Å². The second kappa shape index (κ2) is 2.70. The van der Waals surface area contributed by atoms with Crippen molar-refractivity contribution in [1.29, 1.82) is 0 Å². The van der Waals surface area contributed by atoms with Crippen molar-refractivity contribution in [3.8, 4) is 0 Å². The Labute approximate surface area is 63.3 Å². The van der Waals surface area contributed by atoms with Crippen LogP contribution in [-0.4, -0.2) is 16.0 Å². The second-order valence-electron chi connectivity index (χ2n) is 1.78.